The quantitative estimate of drug-likeness (QED) is 0.773. The molecule has 0 aromatic carbocycles. The van der Waals surface area contributed by atoms with Gasteiger partial charge in [-0.1, -0.05) is 0 Å². The van der Waals surface area contributed by atoms with Crippen LogP contribution in [0.25, 0.3) is 5.78 Å². The van der Waals surface area contributed by atoms with Crippen LogP contribution in [0.3, 0.4) is 0 Å². The van der Waals surface area contributed by atoms with Crippen LogP contribution in [0.2, 0.25) is 0 Å². The molecule has 2 aromatic rings. The van der Waals surface area contributed by atoms with Gasteiger partial charge in [-0.25, -0.2) is 4.98 Å². The Hall–Kier alpha value is -1.36. The molecule has 14 heavy (non-hydrogen) atoms. The molecule has 1 N–H and O–H groups in total. The Morgan fingerprint density at radius 3 is 3.21 bits per heavy atom. The predicted octanol–water partition coefficient (Wildman–Crippen LogP) is 1.08. The molecule has 0 amide bonds. The van der Waals surface area contributed by atoms with Crippen LogP contribution < -0.4 is 5.32 Å². The molecule has 0 saturated heterocycles. The Kier molecular flexibility index (Phi) is 2.49. The second-order valence-corrected chi connectivity index (χ2v) is 3.25. The van der Waals surface area contributed by atoms with Crippen molar-refractivity contribution in [1.82, 2.24) is 19.6 Å². The molecule has 74 valence electrons. The van der Waals surface area contributed by atoms with Crippen LogP contribution in [0.5, 0.6) is 0 Å². The minimum Gasteiger partial charge on any atom is -0.369 e. The molecule has 0 aliphatic rings. The van der Waals surface area contributed by atoms with Crippen molar-refractivity contribution < 1.29 is 0 Å². The third kappa shape index (κ3) is 1.63. The summed E-state index contributed by atoms with van der Waals surface area (Å²) in [4.78, 5) is 8.24. The number of hydrogen-bond donors (Lipinski definition) is 1. The highest BCUT2D eigenvalue weighted by Gasteiger charge is 2.03. The highest BCUT2D eigenvalue weighted by molar-refractivity contribution is 6.18. The van der Waals surface area contributed by atoms with E-state index in [9.17, 15) is 0 Å². The Labute approximate surface area is 86.1 Å². The molecule has 6 heteroatoms. The molecule has 0 spiro atoms. The first-order valence-electron chi connectivity index (χ1n) is 4.28. The van der Waals surface area contributed by atoms with Gasteiger partial charge in [-0.05, 0) is 6.92 Å². The first-order valence-corrected chi connectivity index (χ1v) is 4.82. The van der Waals surface area contributed by atoms with E-state index in [1.165, 1.54) is 6.33 Å². The van der Waals surface area contributed by atoms with Crippen molar-refractivity contribution in [3.63, 3.8) is 0 Å². The summed E-state index contributed by atoms with van der Waals surface area (Å²) in [5, 5.41) is 7.20. The molecule has 0 atom stereocenters. The van der Waals surface area contributed by atoms with E-state index in [2.05, 4.69) is 20.4 Å². The number of aromatic nitrogens is 4. The van der Waals surface area contributed by atoms with Gasteiger partial charge in [0.2, 0.25) is 0 Å². The van der Waals surface area contributed by atoms with Gasteiger partial charge in [-0.15, -0.1) is 11.6 Å². The first-order chi connectivity index (χ1) is 6.81. The van der Waals surface area contributed by atoms with Crippen molar-refractivity contribution in [3.05, 3.63) is 18.1 Å². The van der Waals surface area contributed by atoms with E-state index in [1.54, 1.807) is 4.52 Å². The lowest BCUT2D eigenvalue weighted by molar-refractivity contribution is 0.923. The van der Waals surface area contributed by atoms with Gasteiger partial charge in [0.1, 0.15) is 12.1 Å². The van der Waals surface area contributed by atoms with Crippen LogP contribution in [0.1, 0.15) is 5.69 Å². The molecule has 2 aromatic heterocycles. The lowest BCUT2D eigenvalue weighted by Gasteiger charge is -2.06. The van der Waals surface area contributed by atoms with Crippen LogP contribution in [0.4, 0.5) is 5.82 Å². The SMILES string of the molecule is Cc1cc(NCCCl)n2ncnc2n1. The summed E-state index contributed by atoms with van der Waals surface area (Å²) in [5.74, 6) is 2.02. The Morgan fingerprint density at radius 2 is 2.43 bits per heavy atom. The van der Waals surface area contributed by atoms with Crippen molar-refractivity contribution in [2.24, 2.45) is 0 Å². The largest absolute Gasteiger partial charge is 0.369 e. The van der Waals surface area contributed by atoms with Gasteiger partial charge >= 0.3 is 0 Å². The van der Waals surface area contributed by atoms with E-state index in [-0.39, 0.29) is 0 Å². The number of hydrogen-bond acceptors (Lipinski definition) is 4. The molecule has 2 heterocycles. The van der Waals surface area contributed by atoms with E-state index in [1.807, 2.05) is 13.0 Å². The summed E-state index contributed by atoms with van der Waals surface area (Å²) >= 11 is 5.59. The number of nitrogens with one attached hydrogen (secondary N) is 1. The van der Waals surface area contributed by atoms with Crippen molar-refractivity contribution >= 4 is 23.2 Å². The van der Waals surface area contributed by atoms with Crippen LogP contribution >= 0.6 is 11.6 Å². The lowest BCUT2D eigenvalue weighted by Crippen LogP contribution is -2.08. The molecule has 0 aliphatic carbocycles. The van der Waals surface area contributed by atoms with Gasteiger partial charge in [0, 0.05) is 24.2 Å². The second kappa shape index (κ2) is 3.79. The second-order valence-electron chi connectivity index (χ2n) is 2.87. The fourth-order valence-corrected chi connectivity index (χ4v) is 1.33. The maximum atomic E-state index is 5.59. The topological polar surface area (TPSA) is 55.1 Å². The number of anilines is 1. The van der Waals surface area contributed by atoms with E-state index in [0.29, 0.717) is 18.2 Å². The van der Waals surface area contributed by atoms with E-state index < -0.39 is 0 Å². The standard InChI is InChI=1S/C8H10ClN5/c1-6-4-7(10-3-2-9)14-8(13-6)11-5-12-14/h4-5,10H,2-3H2,1H3. The maximum Gasteiger partial charge on any atom is 0.254 e. The van der Waals surface area contributed by atoms with E-state index >= 15 is 0 Å². The van der Waals surface area contributed by atoms with Gasteiger partial charge in [-0.2, -0.15) is 14.6 Å². The number of aryl methyl sites for hydroxylation is 1. The summed E-state index contributed by atoms with van der Waals surface area (Å²) in [7, 11) is 0. The molecule has 0 radical (unpaired) electrons. The first kappa shape index (κ1) is 9.21. The van der Waals surface area contributed by atoms with Crippen molar-refractivity contribution in [3.8, 4) is 0 Å². The summed E-state index contributed by atoms with van der Waals surface area (Å²) in [5.41, 5.74) is 0.905. The normalized spacial score (nSPS) is 10.7. The van der Waals surface area contributed by atoms with E-state index in [4.69, 9.17) is 11.6 Å². The maximum absolute atomic E-state index is 5.59. The van der Waals surface area contributed by atoms with Crippen LogP contribution in [0.15, 0.2) is 12.4 Å². The molecular formula is C8H10ClN5. The Balaban J connectivity index is 2.44. The van der Waals surface area contributed by atoms with Crippen LogP contribution in [0, 0.1) is 6.92 Å². The predicted molar refractivity (Wildman–Crippen MR) is 54.7 cm³/mol. The minimum atomic E-state index is 0.553. The minimum absolute atomic E-state index is 0.553. The zero-order valence-electron chi connectivity index (χ0n) is 7.74. The van der Waals surface area contributed by atoms with Crippen molar-refractivity contribution in [2.75, 3.05) is 17.7 Å². The average Bonchev–Trinajstić information content (AvgIpc) is 2.61. The summed E-state index contributed by atoms with van der Waals surface area (Å²) in [6, 6.07) is 1.91. The van der Waals surface area contributed by atoms with Crippen LogP contribution in [-0.4, -0.2) is 32.0 Å². The van der Waals surface area contributed by atoms with Gasteiger partial charge in [0.15, 0.2) is 0 Å². The number of halogens is 1. The number of nitrogens with zero attached hydrogens (tertiary/aromatic N) is 4. The van der Waals surface area contributed by atoms with Gasteiger partial charge in [-0.3, -0.25) is 0 Å². The molecule has 0 aliphatic heterocycles. The summed E-state index contributed by atoms with van der Waals surface area (Å²) in [6.07, 6.45) is 1.48. The average molecular weight is 212 g/mol. The molecule has 0 bridgehead atoms. The molecular weight excluding hydrogens is 202 g/mol. The number of rotatable bonds is 3. The monoisotopic (exact) mass is 211 g/mol. The molecule has 0 fully saturated rings. The lowest BCUT2D eigenvalue weighted by atomic mass is 10.4. The summed E-state index contributed by atoms with van der Waals surface area (Å²) in [6.45, 7) is 2.61. The van der Waals surface area contributed by atoms with E-state index in [0.717, 1.165) is 11.5 Å². The fraction of sp³-hybridized carbons (Fsp3) is 0.375. The zero-order chi connectivity index (χ0) is 9.97. The highest BCUT2D eigenvalue weighted by atomic mass is 35.5. The van der Waals surface area contributed by atoms with Gasteiger partial charge in [0.05, 0.1) is 0 Å². The third-order valence-corrected chi connectivity index (χ3v) is 1.97. The number of alkyl halides is 1. The van der Waals surface area contributed by atoms with Gasteiger partial charge < -0.3 is 5.32 Å². The smallest absolute Gasteiger partial charge is 0.254 e. The fourth-order valence-electron chi connectivity index (χ4n) is 1.23. The van der Waals surface area contributed by atoms with Crippen molar-refractivity contribution in [2.45, 2.75) is 6.92 Å². The molecule has 0 saturated carbocycles. The summed E-state index contributed by atoms with van der Waals surface area (Å²) < 4.78 is 1.65. The molecule has 0 unspecified atom stereocenters. The van der Waals surface area contributed by atoms with Crippen molar-refractivity contribution in [1.29, 1.82) is 0 Å². The van der Waals surface area contributed by atoms with Crippen LogP contribution in [-0.2, 0) is 0 Å². The Morgan fingerprint density at radius 1 is 1.57 bits per heavy atom. The van der Waals surface area contributed by atoms with Gasteiger partial charge in [0.25, 0.3) is 5.78 Å². The molecule has 5 nitrogen and oxygen atoms in total. The number of fused-ring (bicyclic) bond motifs is 1. The molecule has 2 rings (SSSR count). The third-order valence-electron chi connectivity index (χ3n) is 1.78. The zero-order valence-corrected chi connectivity index (χ0v) is 8.49. The Bertz CT molecular complexity index is 438. The highest BCUT2D eigenvalue weighted by Crippen LogP contribution is 2.09.